The molecule has 0 spiro atoms. The van der Waals surface area contributed by atoms with Gasteiger partial charge in [-0.15, -0.1) is 0 Å². The molecule has 0 atom stereocenters. The third kappa shape index (κ3) is 15.9. The van der Waals surface area contributed by atoms with E-state index in [1.165, 1.54) is 93.0 Å². The number of nitrogens with zero attached hydrogens (tertiary/aromatic N) is 3. The van der Waals surface area contributed by atoms with Crippen molar-refractivity contribution in [3.05, 3.63) is 352 Å². The minimum Gasteiger partial charge on any atom is -0.508 e. The number of aromatic hydroxyl groups is 4. The van der Waals surface area contributed by atoms with Crippen LogP contribution in [0.25, 0.3) is 102 Å². The zero-order chi connectivity index (χ0) is 73.2. The van der Waals surface area contributed by atoms with E-state index in [1.807, 2.05) is 48.5 Å². The standard InChI is InChI=1S/C48H40N4O2.C32H26N2O.C14H10O4/c53-39-25-21-37(22-26-39)45-46(38-23-27-40(54)28-24-38)52-48(51-45)42-30-32-10-7-9-31-17-19-33(15-8-16-34(42)20-18-32)41(29-31)47-49-43(35-11-3-1-4-12-35)44(50-47)36-13-5-2-6-14-36;35-21-28-19-22-11-12-23-14-16-25(18-17-24(28)15-13-22)29(20-23)32-33-30(26-7-3-1-4-8-26)31(34-32)27-9-5-2-6-10-27;15-11-5-1-9(2-6-11)13(17)14(18)10-3-7-12(16)8-4-10/h1-6,11-14,17-30,53-54H,7-10,15-16H2,(H,49,50)(H,51,52);1-10,13-16,19-21H,11-12,17-18H2,(H,33,34);1-8,15-16H. The molecular weight excluding hydrogens is 1330 g/mol. The molecule has 3 aromatic heterocycles. The molecule has 0 fully saturated rings. The van der Waals surface area contributed by atoms with Gasteiger partial charge in [0.15, 0.2) is 0 Å². The lowest BCUT2D eigenvalue weighted by molar-refractivity contribution is 0.0817. The summed E-state index contributed by atoms with van der Waals surface area (Å²) in [5.41, 5.74) is 26.5. The molecule has 13 heteroatoms. The largest absolute Gasteiger partial charge is 0.508 e. The summed E-state index contributed by atoms with van der Waals surface area (Å²) in [4.78, 5) is 62.2. The van der Waals surface area contributed by atoms with E-state index in [0.717, 1.165) is 178 Å². The van der Waals surface area contributed by atoms with Gasteiger partial charge in [-0.2, -0.15) is 0 Å². The number of carbonyl (C=O) groups is 3. The van der Waals surface area contributed by atoms with Crippen LogP contribution >= 0.6 is 0 Å². The van der Waals surface area contributed by atoms with Gasteiger partial charge in [0.2, 0.25) is 11.6 Å². The second kappa shape index (κ2) is 31.6. The summed E-state index contributed by atoms with van der Waals surface area (Å²) in [7, 11) is 0. The van der Waals surface area contributed by atoms with Crippen molar-refractivity contribution in [1.29, 1.82) is 0 Å². The van der Waals surface area contributed by atoms with Crippen molar-refractivity contribution in [2.45, 2.75) is 64.2 Å². The van der Waals surface area contributed by atoms with E-state index in [0.29, 0.717) is 0 Å². The van der Waals surface area contributed by atoms with Gasteiger partial charge in [-0.1, -0.05) is 170 Å². The average Bonchev–Trinajstić information content (AvgIpc) is 1.66. The number of phenolic OH excluding ortho intramolecular Hbond substituents is 4. The first-order valence-electron chi connectivity index (χ1n) is 36.1. The summed E-state index contributed by atoms with van der Waals surface area (Å²) in [6.45, 7) is 0. The number of aldehydes is 1. The van der Waals surface area contributed by atoms with E-state index >= 15 is 0 Å². The Kier molecular flexibility index (Phi) is 20.4. The third-order valence-electron chi connectivity index (χ3n) is 19.9. The van der Waals surface area contributed by atoms with Crippen molar-refractivity contribution in [1.82, 2.24) is 29.9 Å². The normalized spacial score (nSPS) is 12.4. The summed E-state index contributed by atoms with van der Waals surface area (Å²) in [5, 5.41) is 38.2. The van der Waals surface area contributed by atoms with Crippen molar-refractivity contribution in [3.63, 3.8) is 0 Å². The van der Waals surface area contributed by atoms with Crippen molar-refractivity contribution in [3.8, 4) is 125 Å². The first kappa shape index (κ1) is 69.2. The number of phenols is 4. The predicted octanol–water partition coefficient (Wildman–Crippen LogP) is 20.5. The monoisotopic (exact) mass is 1400 g/mol. The minimum atomic E-state index is -0.652. The average molecular weight is 1400 g/mol. The van der Waals surface area contributed by atoms with E-state index in [1.54, 1.807) is 24.3 Å². The SMILES string of the molecule is O=C(C(=O)c1ccc(O)cc1)c1ccc(O)cc1.O=Cc1cc2ccc1CCc1ccc(cc1-c1nc(-c3ccccc3)c(-c3ccccc3)[nH]1)CC2.Oc1ccc(-c2nc(-c3cc4ccc3CCCc3ccc(cc3-c3nc(-c5ccccc5)c(-c5ccccc5)[nH]3)CCC4)[nH]c2-c2ccc(O)cc2)cc1. The fourth-order valence-corrected chi connectivity index (χ4v) is 14.2. The van der Waals surface area contributed by atoms with Crippen LogP contribution in [0.2, 0.25) is 0 Å². The Balaban J connectivity index is 0.000000147. The van der Waals surface area contributed by atoms with E-state index in [-0.39, 0.29) is 34.1 Å². The second-order valence-corrected chi connectivity index (χ2v) is 27.1. The first-order valence-corrected chi connectivity index (χ1v) is 36.1. The first-order chi connectivity index (χ1) is 52.4. The lowest BCUT2D eigenvalue weighted by atomic mass is 9.91. The Hall–Kier alpha value is -13.5. The van der Waals surface area contributed by atoms with Crippen LogP contribution in [0, 0.1) is 0 Å². The van der Waals surface area contributed by atoms with Gasteiger partial charge in [-0.05, 0) is 230 Å². The molecule has 15 aromatic rings. The van der Waals surface area contributed by atoms with Crippen LogP contribution in [-0.2, 0) is 51.4 Å². The molecular formula is C94H76N6O7. The Labute approximate surface area is 620 Å². The molecule has 0 unspecified atom stereocenters. The van der Waals surface area contributed by atoms with Gasteiger partial charge in [0.05, 0.1) is 34.2 Å². The number of ketones is 2. The number of carbonyl (C=O) groups excluding carboxylic acids is 3. The second-order valence-electron chi connectivity index (χ2n) is 27.1. The third-order valence-corrected chi connectivity index (χ3v) is 19.9. The Bertz CT molecular complexity index is 5420. The van der Waals surface area contributed by atoms with Crippen LogP contribution in [-0.4, -0.2) is 68.2 Å². The number of aryl methyl sites for hydroxylation is 8. The molecule has 3 heterocycles. The maximum Gasteiger partial charge on any atom is 0.233 e. The number of hydrogen-bond donors (Lipinski definition) is 7. The molecule has 524 valence electrons. The van der Waals surface area contributed by atoms with Crippen LogP contribution in [0.3, 0.4) is 0 Å². The highest BCUT2D eigenvalue weighted by molar-refractivity contribution is 6.49. The quantitative estimate of drug-likeness (QED) is 0.0329. The van der Waals surface area contributed by atoms with Crippen LogP contribution in [0.15, 0.2) is 291 Å². The maximum absolute atomic E-state index is 11.8. The molecule has 8 aliphatic carbocycles. The van der Waals surface area contributed by atoms with Crippen LogP contribution in [0.5, 0.6) is 23.0 Å². The number of hydrogen-bond acceptors (Lipinski definition) is 10. The molecule has 7 N–H and O–H groups in total. The van der Waals surface area contributed by atoms with Gasteiger partial charge < -0.3 is 35.4 Å². The van der Waals surface area contributed by atoms with Gasteiger partial charge in [-0.25, -0.2) is 15.0 Å². The number of benzene rings is 12. The van der Waals surface area contributed by atoms with Crippen molar-refractivity contribution in [2.75, 3.05) is 0 Å². The lowest BCUT2D eigenvalue weighted by Crippen LogP contribution is -2.14. The van der Waals surface area contributed by atoms with E-state index < -0.39 is 11.6 Å². The van der Waals surface area contributed by atoms with Crippen LogP contribution < -0.4 is 0 Å². The minimum absolute atomic E-state index is 0.0311. The highest BCUT2D eigenvalue weighted by Gasteiger charge is 2.24. The maximum atomic E-state index is 11.8. The molecule has 0 saturated carbocycles. The number of rotatable bonds is 13. The van der Waals surface area contributed by atoms with Gasteiger partial charge in [-0.3, -0.25) is 14.4 Å². The molecule has 13 nitrogen and oxygen atoms in total. The summed E-state index contributed by atoms with van der Waals surface area (Å²) in [5.74, 6) is 1.79. The molecule has 8 bridgehead atoms. The topological polar surface area (TPSA) is 218 Å². The van der Waals surface area contributed by atoms with Gasteiger partial charge >= 0.3 is 0 Å². The predicted molar refractivity (Wildman–Crippen MR) is 424 cm³/mol. The van der Waals surface area contributed by atoms with Crippen molar-refractivity contribution in [2.24, 2.45) is 0 Å². The summed E-state index contributed by atoms with van der Waals surface area (Å²) >= 11 is 0. The fraction of sp³-hybridized carbons (Fsp3) is 0.106. The van der Waals surface area contributed by atoms with E-state index in [9.17, 15) is 24.6 Å². The van der Waals surface area contributed by atoms with Gasteiger partial charge in [0.25, 0.3) is 0 Å². The number of aromatic amines is 3. The Morgan fingerprint density at radius 3 is 0.963 bits per heavy atom. The van der Waals surface area contributed by atoms with Crippen molar-refractivity contribution >= 4 is 17.9 Å². The van der Waals surface area contributed by atoms with Gasteiger partial charge in [0, 0.05) is 66.8 Å². The van der Waals surface area contributed by atoms with E-state index in [2.05, 4.69) is 185 Å². The molecule has 0 radical (unpaired) electrons. The Morgan fingerprint density at radius 1 is 0.290 bits per heavy atom. The summed E-state index contributed by atoms with van der Waals surface area (Å²) in [6.07, 6.45) is 10.1. The zero-order valence-electron chi connectivity index (χ0n) is 58.7. The molecule has 8 aliphatic rings. The number of H-pyrrole nitrogens is 3. The molecule has 12 aromatic carbocycles. The molecule has 0 amide bonds. The van der Waals surface area contributed by atoms with Crippen molar-refractivity contribution < 1.29 is 34.8 Å². The number of Topliss-reactive ketones (excluding diaryl/α,β-unsaturated/α-hetero) is 2. The molecule has 0 saturated heterocycles. The number of aromatic nitrogens is 6. The summed E-state index contributed by atoms with van der Waals surface area (Å²) < 4.78 is 0. The molecule has 0 aliphatic heterocycles. The van der Waals surface area contributed by atoms with Gasteiger partial charge in [0.1, 0.15) is 46.8 Å². The highest BCUT2D eigenvalue weighted by Crippen LogP contribution is 2.40. The van der Waals surface area contributed by atoms with Crippen LogP contribution in [0.4, 0.5) is 0 Å². The fourth-order valence-electron chi connectivity index (χ4n) is 14.2. The summed E-state index contributed by atoms with van der Waals surface area (Å²) in [6, 6.07) is 93.9. The number of imidazole rings is 3. The zero-order valence-corrected chi connectivity index (χ0v) is 58.7. The lowest BCUT2D eigenvalue weighted by Gasteiger charge is -2.15. The smallest absolute Gasteiger partial charge is 0.233 e. The van der Waals surface area contributed by atoms with Crippen LogP contribution in [0.1, 0.15) is 88.4 Å². The molecule has 107 heavy (non-hydrogen) atoms. The molecule has 23 rings (SSSR count). The highest BCUT2D eigenvalue weighted by atomic mass is 16.3. The number of nitrogens with one attached hydrogen (secondary N) is 3. The van der Waals surface area contributed by atoms with E-state index in [4.69, 9.17) is 25.2 Å². The Morgan fingerprint density at radius 2 is 0.579 bits per heavy atom.